The predicted molar refractivity (Wildman–Crippen MR) is 68.3 cm³/mol. The number of nitrogens with two attached hydrogens (primary N) is 2. The van der Waals surface area contributed by atoms with Crippen molar-refractivity contribution in [1.29, 1.82) is 0 Å². The van der Waals surface area contributed by atoms with Crippen LogP contribution < -0.4 is 20.9 Å². The molecule has 4 heteroatoms. The van der Waals surface area contributed by atoms with Crippen LogP contribution in [-0.4, -0.2) is 7.11 Å². The van der Waals surface area contributed by atoms with Crippen LogP contribution in [0.3, 0.4) is 0 Å². The highest BCUT2D eigenvalue weighted by atomic mass is 16.5. The van der Waals surface area contributed by atoms with E-state index in [2.05, 4.69) is 0 Å². The summed E-state index contributed by atoms with van der Waals surface area (Å²) >= 11 is 0. The van der Waals surface area contributed by atoms with Gasteiger partial charge in [-0.3, -0.25) is 0 Å². The molecule has 17 heavy (non-hydrogen) atoms. The van der Waals surface area contributed by atoms with Gasteiger partial charge in [0, 0.05) is 17.4 Å². The first-order valence-corrected chi connectivity index (χ1v) is 5.16. The third-order valence-corrected chi connectivity index (χ3v) is 2.30. The van der Waals surface area contributed by atoms with Gasteiger partial charge in [-0.15, -0.1) is 0 Å². The molecule has 0 atom stereocenters. The largest absolute Gasteiger partial charge is 0.493 e. The average molecular weight is 230 g/mol. The Hall–Kier alpha value is -2.36. The molecule has 0 unspecified atom stereocenters. The predicted octanol–water partition coefficient (Wildman–Crippen LogP) is 2.65. The second kappa shape index (κ2) is 4.65. The van der Waals surface area contributed by atoms with Crippen LogP contribution in [0.1, 0.15) is 0 Å². The van der Waals surface area contributed by atoms with E-state index in [1.165, 1.54) is 0 Å². The van der Waals surface area contributed by atoms with Crippen LogP contribution in [0.2, 0.25) is 0 Å². The third kappa shape index (κ3) is 2.60. The molecule has 0 spiro atoms. The van der Waals surface area contributed by atoms with Gasteiger partial charge in [0.1, 0.15) is 5.75 Å². The van der Waals surface area contributed by atoms with Gasteiger partial charge in [-0.25, -0.2) is 0 Å². The van der Waals surface area contributed by atoms with Gasteiger partial charge in [-0.05, 0) is 36.4 Å². The molecule has 0 aliphatic rings. The van der Waals surface area contributed by atoms with Crippen LogP contribution in [0.25, 0.3) is 0 Å². The molecule has 0 radical (unpaired) electrons. The molecule has 88 valence electrons. The molecule has 2 aromatic rings. The molecule has 4 N–H and O–H groups in total. The number of hydrogen-bond donors (Lipinski definition) is 2. The highest BCUT2D eigenvalue weighted by Crippen LogP contribution is 2.33. The molecule has 0 aliphatic heterocycles. The van der Waals surface area contributed by atoms with E-state index in [0.29, 0.717) is 28.6 Å². The zero-order chi connectivity index (χ0) is 12.3. The molecule has 4 nitrogen and oxygen atoms in total. The monoisotopic (exact) mass is 230 g/mol. The number of ether oxygens (including phenoxy) is 2. The Morgan fingerprint density at radius 1 is 0.824 bits per heavy atom. The summed E-state index contributed by atoms with van der Waals surface area (Å²) in [5.41, 5.74) is 12.6. The second-order valence-corrected chi connectivity index (χ2v) is 3.58. The Morgan fingerprint density at radius 2 is 1.47 bits per heavy atom. The quantitative estimate of drug-likeness (QED) is 0.795. The lowest BCUT2D eigenvalue weighted by atomic mass is 10.2. The molecular formula is C13H14N2O2. The van der Waals surface area contributed by atoms with Crippen LogP contribution in [0.15, 0.2) is 42.5 Å². The minimum Gasteiger partial charge on any atom is -0.493 e. The number of anilines is 2. The van der Waals surface area contributed by atoms with E-state index < -0.39 is 0 Å². The maximum atomic E-state index is 5.67. The van der Waals surface area contributed by atoms with E-state index in [1.807, 2.05) is 0 Å². The lowest BCUT2D eigenvalue weighted by Gasteiger charge is -2.10. The smallest absolute Gasteiger partial charge is 0.169 e. The van der Waals surface area contributed by atoms with Crippen molar-refractivity contribution in [2.75, 3.05) is 18.6 Å². The minimum atomic E-state index is 0.599. The molecule has 0 saturated heterocycles. The lowest BCUT2D eigenvalue weighted by Crippen LogP contribution is -1.93. The summed E-state index contributed by atoms with van der Waals surface area (Å²) in [7, 11) is 1.57. The lowest BCUT2D eigenvalue weighted by molar-refractivity contribution is 0.379. The van der Waals surface area contributed by atoms with Crippen molar-refractivity contribution in [1.82, 2.24) is 0 Å². The summed E-state index contributed by atoms with van der Waals surface area (Å²) < 4.78 is 10.9. The highest BCUT2D eigenvalue weighted by molar-refractivity contribution is 5.53. The summed E-state index contributed by atoms with van der Waals surface area (Å²) in [6.45, 7) is 0. The van der Waals surface area contributed by atoms with Gasteiger partial charge < -0.3 is 20.9 Å². The Balaban J connectivity index is 2.26. The Bertz CT molecular complexity index is 509. The molecule has 0 aliphatic carbocycles. The fraction of sp³-hybridized carbons (Fsp3) is 0.0769. The van der Waals surface area contributed by atoms with Crippen LogP contribution >= 0.6 is 0 Å². The standard InChI is InChI=1S/C13H14N2O2/c1-16-13-8-10(15)4-7-12(13)17-11-5-2-9(14)3-6-11/h2-8H,14-15H2,1H3. The van der Waals surface area contributed by atoms with Crippen molar-refractivity contribution in [3.63, 3.8) is 0 Å². The first kappa shape index (κ1) is 11.1. The van der Waals surface area contributed by atoms with Crippen molar-refractivity contribution in [2.45, 2.75) is 0 Å². The molecule has 2 rings (SSSR count). The number of methoxy groups -OCH3 is 1. The maximum Gasteiger partial charge on any atom is 0.169 e. The molecule has 0 amide bonds. The highest BCUT2D eigenvalue weighted by Gasteiger charge is 2.05. The summed E-state index contributed by atoms with van der Waals surface area (Å²) in [5, 5.41) is 0. The fourth-order valence-corrected chi connectivity index (χ4v) is 1.43. The summed E-state index contributed by atoms with van der Waals surface area (Å²) in [4.78, 5) is 0. The van der Waals surface area contributed by atoms with Crippen LogP contribution in [0.5, 0.6) is 17.2 Å². The van der Waals surface area contributed by atoms with Crippen molar-refractivity contribution in [2.24, 2.45) is 0 Å². The zero-order valence-corrected chi connectivity index (χ0v) is 9.51. The van der Waals surface area contributed by atoms with Gasteiger partial charge >= 0.3 is 0 Å². The second-order valence-electron chi connectivity index (χ2n) is 3.58. The summed E-state index contributed by atoms with van der Waals surface area (Å²) in [6.07, 6.45) is 0. The van der Waals surface area contributed by atoms with Crippen molar-refractivity contribution in [3.05, 3.63) is 42.5 Å². The summed E-state index contributed by atoms with van der Waals surface area (Å²) in [5.74, 6) is 1.91. The topological polar surface area (TPSA) is 70.5 Å². The molecule has 0 fully saturated rings. The van der Waals surface area contributed by atoms with E-state index in [1.54, 1.807) is 49.6 Å². The number of rotatable bonds is 3. The van der Waals surface area contributed by atoms with E-state index in [4.69, 9.17) is 20.9 Å². The molecule has 2 aromatic carbocycles. The van der Waals surface area contributed by atoms with Crippen LogP contribution in [-0.2, 0) is 0 Å². The van der Waals surface area contributed by atoms with Crippen molar-refractivity contribution < 1.29 is 9.47 Å². The van der Waals surface area contributed by atoms with E-state index in [9.17, 15) is 0 Å². The molecular weight excluding hydrogens is 216 g/mol. The van der Waals surface area contributed by atoms with Gasteiger partial charge in [0.05, 0.1) is 7.11 Å². The fourth-order valence-electron chi connectivity index (χ4n) is 1.43. The van der Waals surface area contributed by atoms with Crippen molar-refractivity contribution in [3.8, 4) is 17.2 Å². The Morgan fingerprint density at radius 3 is 2.12 bits per heavy atom. The van der Waals surface area contributed by atoms with Crippen LogP contribution in [0, 0.1) is 0 Å². The Kier molecular flexibility index (Phi) is 3.05. The first-order valence-electron chi connectivity index (χ1n) is 5.16. The minimum absolute atomic E-state index is 0.599. The number of hydrogen-bond acceptors (Lipinski definition) is 4. The van der Waals surface area contributed by atoms with Crippen LogP contribution in [0.4, 0.5) is 11.4 Å². The first-order chi connectivity index (χ1) is 8.19. The van der Waals surface area contributed by atoms with E-state index >= 15 is 0 Å². The number of benzene rings is 2. The van der Waals surface area contributed by atoms with E-state index in [-0.39, 0.29) is 0 Å². The molecule has 0 saturated carbocycles. The van der Waals surface area contributed by atoms with Gasteiger partial charge in [0.25, 0.3) is 0 Å². The third-order valence-electron chi connectivity index (χ3n) is 2.30. The maximum absolute atomic E-state index is 5.67. The Labute approximate surface area is 99.8 Å². The van der Waals surface area contributed by atoms with E-state index in [0.717, 1.165) is 0 Å². The number of nitrogen functional groups attached to an aromatic ring is 2. The van der Waals surface area contributed by atoms with Crippen molar-refractivity contribution >= 4 is 11.4 Å². The molecule has 0 bridgehead atoms. The van der Waals surface area contributed by atoms with Gasteiger partial charge in [0.2, 0.25) is 0 Å². The molecule has 0 heterocycles. The van der Waals surface area contributed by atoms with Gasteiger partial charge in [0.15, 0.2) is 11.5 Å². The zero-order valence-electron chi connectivity index (χ0n) is 9.51. The summed E-state index contributed by atoms with van der Waals surface area (Å²) in [6, 6.07) is 12.4. The molecule has 0 aromatic heterocycles. The van der Waals surface area contributed by atoms with Gasteiger partial charge in [-0.2, -0.15) is 0 Å². The SMILES string of the molecule is COc1cc(N)ccc1Oc1ccc(N)cc1. The normalized spacial score (nSPS) is 9.94. The average Bonchev–Trinajstić information content (AvgIpc) is 2.34. The van der Waals surface area contributed by atoms with Gasteiger partial charge in [-0.1, -0.05) is 0 Å².